The molecule has 34 heavy (non-hydrogen) atoms. The van der Waals surface area contributed by atoms with Gasteiger partial charge in [-0.05, 0) is 43.4 Å². The fourth-order valence-electron chi connectivity index (χ4n) is 4.60. The molecule has 0 bridgehead atoms. The molecular formula is C26H33NO7. The van der Waals surface area contributed by atoms with Crippen LogP contribution in [-0.4, -0.2) is 51.8 Å². The molecule has 1 aliphatic carbocycles. The fraction of sp³-hybridized carbons (Fsp3) is 0.500. The highest BCUT2D eigenvalue weighted by molar-refractivity contribution is 6.12. The van der Waals surface area contributed by atoms with Gasteiger partial charge in [0.15, 0.2) is 5.78 Å². The lowest BCUT2D eigenvalue weighted by atomic mass is 9.69. The van der Waals surface area contributed by atoms with E-state index in [0.29, 0.717) is 42.2 Å². The second kappa shape index (κ2) is 11.3. The Morgan fingerprint density at radius 2 is 1.79 bits per heavy atom. The van der Waals surface area contributed by atoms with Crippen LogP contribution in [0.15, 0.2) is 46.8 Å². The van der Waals surface area contributed by atoms with Gasteiger partial charge in [-0.3, -0.25) is 9.59 Å². The summed E-state index contributed by atoms with van der Waals surface area (Å²) in [5.74, 6) is -2.62. The molecule has 3 atom stereocenters. The number of hydrogen-bond donors (Lipinski definition) is 1. The second-order valence-electron chi connectivity index (χ2n) is 8.56. The summed E-state index contributed by atoms with van der Waals surface area (Å²) >= 11 is 0. The first-order chi connectivity index (χ1) is 16.3. The number of methoxy groups -OCH3 is 2. The van der Waals surface area contributed by atoms with E-state index in [2.05, 4.69) is 5.32 Å². The number of rotatable bonds is 9. The van der Waals surface area contributed by atoms with Gasteiger partial charge in [0.05, 0.1) is 26.4 Å². The summed E-state index contributed by atoms with van der Waals surface area (Å²) in [5, 5.41) is 3.25. The van der Waals surface area contributed by atoms with Crippen LogP contribution in [0.4, 0.5) is 0 Å². The zero-order chi connectivity index (χ0) is 24.8. The van der Waals surface area contributed by atoms with Gasteiger partial charge in [-0.15, -0.1) is 0 Å². The van der Waals surface area contributed by atoms with Gasteiger partial charge in [-0.1, -0.05) is 26.0 Å². The van der Waals surface area contributed by atoms with E-state index in [9.17, 15) is 14.4 Å². The first-order valence-corrected chi connectivity index (χ1v) is 11.6. The van der Waals surface area contributed by atoms with E-state index in [1.807, 2.05) is 26.0 Å². The molecule has 1 aliphatic heterocycles. The van der Waals surface area contributed by atoms with Crippen molar-refractivity contribution < 1.29 is 33.3 Å². The smallest absolute Gasteiger partial charge is 0.336 e. The third-order valence-electron chi connectivity index (χ3n) is 6.22. The zero-order valence-electron chi connectivity index (χ0n) is 20.4. The number of ether oxygens (including phenoxy) is 4. The highest BCUT2D eigenvalue weighted by Crippen LogP contribution is 2.45. The Kier molecular flexibility index (Phi) is 8.50. The number of esters is 2. The lowest BCUT2D eigenvalue weighted by Crippen LogP contribution is -2.43. The topological polar surface area (TPSA) is 100 Å². The Morgan fingerprint density at radius 1 is 1.09 bits per heavy atom. The van der Waals surface area contributed by atoms with Crippen LogP contribution in [-0.2, 0) is 28.6 Å². The number of carbonyl (C=O) groups excluding carboxylic acids is 3. The van der Waals surface area contributed by atoms with Crippen LogP contribution in [0.2, 0.25) is 0 Å². The molecule has 0 radical (unpaired) electrons. The van der Waals surface area contributed by atoms with Gasteiger partial charge in [0.2, 0.25) is 0 Å². The summed E-state index contributed by atoms with van der Waals surface area (Å²) in [4.78, 5) is 39.4. The van der Waals surface area contributed by atoms with Crippen molar-refractivity contribution in [2.24, 2.45) is 11.8 Å². The Morgan fingerprint density at radius 3 is 2.41 bits per heavy atom. The molecule has 8 nitrogen and oxygen atoms in total. The maximum Gasteiger partial charge on any atom is 0.336 e. The largest absolute Gasteiger partial charge is 0.497 e. The van der Waals surface area contributed by atoms with Crippen molar-refractivity contribution in [2.45, 2.75) is 39.5 Å². The molecule has 1 aromatic carbocycles. The normalized spacial score (nSPS) is 22.1. The maximum atomic E-state index is 13.7. The van der Waals surface area contributed by atoms with E-state index in [0.717, 1.165) is 17.7 Å². The molecule has 1 N–H and O–H groups in total. The van der Waals surface area contributed by atoms with Crippen LogP contribution < -0.4 is 10.1 Å². The number of Topliss-reactive ketones (excluding diaryl/α,β-unsaturated/α-hetero) is 1. The molecule has 184 valence electrons. The monoisotopic (exact) mass is 471 g/mol. The summed E-state index contributed by atoms with van der Waals surface area (Å²) in [6.45, 7) is 6.64. The van der Waals surface area contributed by atoms with E-state index in [4.69, 9.17) is 18.9 Å². The molecule has 0 saturated heterocycles. The SMILES string of the molecule is CCCOCCOC(=O)C1=C(C)NC2=C(C(=O)[C@H](C(=O)OC)[C@@H](C)C2)[C@H]1c1ccc(OC)cc1. The van der Waals surface area contributed by atoms with Crippen LogP contribution >= 0.6 is 0 Å². The number of nitrogens with one attached hydrogen (secondary N) is 1. The minimum atomic E-state index is -0.926. The van der Waals surface area contributed by atoms with Crippen molar-refractivity contribution in [3.8, 4) is 5.75 Å². The molecule has 1 aromatic rings. The van der Waals surface area contributed by atoms with Gasteiger partial charge >= 0.3 is 11.9 Å². The van der Waals surface area contributed by atoms with Crippen molar-refractivity contribution >= 4 is 17.7 Å². The fourth-order valence-corrected chi connectivity index (χ4v) is 4.60. The highest BCUT2D eigenvalue weighted by atomic mass is 16.6. The number of allylic oxidation sites excluding steroid dienone is 3. The van der Waals surface area contributed by atoms with Crippen LogP contribution in [0.1, 0.15) is 45.1 Å². The standard InChI is InChI=1S/C26H33NO7/c1-6-11-33-12-13-34-26(30)21-16(3)27-19-14-15(2)20(25(29)32-5)24(28)23(19)22(21)17-7-9-18(31-4)10-8-17/h7-10,15,20,22,27H,6,11-14H2,1-5H3/t15-,20+,22-/m0/s1. The molecule has 0 unspecified atom stereocenters. The molecule has 0 spiro atoms. The second-order valence-corrected chi connectivity index (χ2v) is 8.56. The summed E-state index contributed by atoms with van der Waals surface area (Å²) in [6.07, 6.45) is 1.36. The zero-order valence-corrected chi connectivity index (χ0v) is 20.4. The Hall–Kier alpha value is -3.13. The van der Waals surface area contributed by atoms with E-state index in [-0.39, 0.29) is 18.3 Å². The molecule has 2 aliphatic rings. The number of carbonyl (C=O) groups is 3. The highest BCUT2D eigenvalue weighted by Gasteiger charge is 2.47. The lowest BCUT2D eigenvalue weighted by molar-refractivity contribution is -0.151. The van der Waals surface area contributed by atoms with Gasteiger partial charge in [0.1, 0.15) is 18.3 Å². The number of hydrogen-bond acceptors (Lipinski definition) is 8. The van der Waals surface area contributed by atoms with Crippen LogP contribution in [0.25, 0.3) is 0 Å². The first-order valence-electron chi connectivity index (χ1n) is 11.6. The quantitative estimate of drug-likeness (QED) is 0.333. The predicted molar refractivity (Wildman–Crippen MR) is 125 cm³/mol. The van der Waals surface area contributed by atoms with E-state index < -0.39 is 23.8 Å². The van der Waals surface area contributed by atoms with E-state index in [1.165, 1.54) is 7.11 Å². The van der Waals surface area contributed by atoms with Crippen molar-refractivity contribution in [2.75, 3.05) is 34.0 Å². The molecule has 1 heterocycles. The summed E-state index contributed by atoms with van der Waals surface area (Å²) in [5.41, 5.74) is 2.81. The third kappa shape index (κ3) is 5.17. The number of dihydropyridines is 1. The molecule has 8 heteroatoms. The van der Waals surface area contributed by atoms with Crippen LogP contribution in [0.3, 0.4) is 0 Å². The van der Waals surface area contributed by atoms with Gasteiger partial charge in [0, 0.05) is 29.5 Å². The molecular weight excluding hydrogens is 438 g/mol. The summed E-state index contributed by atoms with van der Waals surface area (Å²) in [6, 6.07) is 7.20. The first kappa shape index (κ1) is 25.5. The van der Waals surface area contributed by atoms with Gasteiger partial charge in [0.25, 0.3) is 0 Å². The van der Waals surface area contributed by atoms with Crippen molar-refractivity contribution in [3.63, 3.8) is 0 Å². The molecule has 0 fully saturated rings. The summed E-state index contributed by atoms with van der Waals surface area (Å²) in [7, 11) is 2.85. The van der Waals surface area contributed by atoms with Crippen molar-refractivity contribution in [1.29, 1.82) is 0 Å². The minimum absolute atomic E-state index is 0.104. The Balaban J connectivity index is 2.02. The van der Waals surface area contributed by atoms with Gasteiger partial charge in [-0.25, -0.2) is 4.79 Å². The van der Waals surface area contributed by atoms with Crippen molar-refractivity contribution in [1.82, 2.24) is 5.32 Å². The van der Waals surface area contributed by atoms with Crippen molar-refractivity contribution in [3.05, 3.63) is 52.4 Å². The molecule has 0 aromatic heterocycles. The van der Waals surface area contributed by atoms with Crippen LogP contribution in [0.5, 0.6) is 5.75 Å². The molecule has 0 amide bonds. The van der Waals surface area contributed by atoms with E-state index >= 15 is 0 Å². The summed E-state index contributed by atoms with van der Waals surface area (Å²) < 4.78 is 21.1. The van der Waals surface area contributed by atoms with Gasteiger partial charge < -0.3 is 24.3 Å². The number of benzene rings is 1. The lowest BCUT2D eigenvalue weighted by Gasteiger charge is -2.38. The number of ketones is 1. The molecule has 0 saturated carbocycles. The third-order valence-corrected chi connectivity index (χ3v) is 6.22. The van der Waals surface area contributed by atoms with E-state index in [1.54, 1.807) is 26.2 Å². The minimum Gasteiger partial charge on any atom is -0.497 e. The predicted octanol–water partition coefficient (Wildman–Crippen LogP) is 3.28. The van der Waals surface area contributed by atoms with Crippen LogP contribution in [0, 0.1) is 11.8 Å². The average Bonchev–Trinajstić information content (AvgIpc) is 2.82. The Bertz CT molecular complexity index is 993. The Labute approximate surface area is 200 Å². The average molecular weight is 472 g/mol. The van der Waals surface area contributed by atoms with Gasteiger partial charge in [-0.2, -0.15) is 0 Å². The maximum absolute atomic E-state index is 13.7. The molecule has 3 rings (SSSR count).